The van der Waals surface area contributed by atoms with Crippen LogP contribution in [-0.2, 0) is 23.8 Å². The highest BCUT2D eigenvalue weighted by Crippen LogP contribution is 2.54. The number of aromatic amines is 2. The fourth-order valence-electron chi connectivity index (χ4n) is 10.8. The zero-order valence-corrected chi connectivity index (χ0v) is 40.6. The summed E-state index contributed by atoms with van der Waals surface area (Å²) in [5.74, 6) is 1.44. The van der Waals surface area contributed by atoms with Gasteiger partial charge < -0.3 is 49.3 Å². The van der Waals surface area contributed by atoms with Crippen molar-refractivity contribution in [1.82, 2.24) is 44.9 Å². The first-order valence-electron chi connectivity index (χ1n) is 24.0. The standard InChI is InChI=1S/C51H56FN9O8S/c1-24(2)43(57-50(64)67-5)47(62)59-15-7-8-35(59)45-53-23-33(56-45)28-17-31(52)42-37-19-29-16-27(11-12-34(29)61(37)49(69-39(42)21-28)41-14-13-40(70-41)26-9-10-26)32-22-54-46(55-32)38-20-30-18-36(30)60(38)48(63)44(25(3)66-4)58-51(65)68-6/h11-14,16-17,19,21-26,30,35-36,38,43-44,49H,7-10,15,18,20H2,1-6H3,(H,53,56)(H,54,55)(H,57,64)(H,58,65)/t25-,30-,35+,36-,38+,43+,44+,49?/m1/s1. The second kappa shape index (κ2) is 17.9. The molecule has 7 heterocycles. The third-order valence-electron chi connectivity index (χ3n) is 14.8. The first-order chi connectivity index (χ1) is 33.8. The van der Waals surface area contributed by atoms with Crippen LogP contribution < -0.4 is 15.4 Å². The molecule has 19 heteroatoms. The molecule has 0 radical (unpaired) electrons. The number of H-pyrrole nitrogens is 2. The van der Waals surface area contributed by atoms with Gasteiger partial charge in [0.2, 0.25) is 18.0 Å². The molecule has 1 unspecified atom stereocenters. The van der Waals surface area contributed by atoms with Gasteiger partial charge in [0, 0.05) is 41.1 Å². The molecule has 8 atom stereocenters. The highest BCUT2D eigenvalue weighted by Gasteiger charge is 2.56. The minimum Gasteiger partial charge on any atom is -0.464 e. The van der Waals surface area contributed by atoms with Crippen molar-refractivity contribution < 1.29 is 42.5 Å². The van der Waals surface area contributed by atoms with E-state index in [0.717, 1.165) is 59.1 Å². The molecule has 6 aromatic rings. The number of aromatic nitrogens is 5. The molecular weight excluding hydrogens is 918 g/mol. The number of halogens is 1. The Morgan fingerprint density at radius 2 is 1.51 bits per heavy atom. The second-order valence-corrected chi connectivity index (χ2v) is 20.7. The maximum absolute atomic E-state index is 17.0. The monoisotopic (exact) mass is 973 g/mol. The second-order valence-electron chi connectivity index (χ2n) is 19.5. The van der Waals surface area contributed by atoms with E-state index in [0.29, 0.717) is 64.7 Å². The number of thiophene rings is 1. The summed E-state index contributed by atoms with van der Waals surface area (Å²) in [6.45, 7) is 6.00. The van der Waals surface area contributed by atoms with Crippen LogP contribution in [0.2, 0.25) is 0 Å². The van der Waals surface area contributed by atoms with Gasteiger partial charge in [-0.05, 0) is 106 Å². The summed E-state index contributed by atoms with van der Waals surface area (Å²) in [7, 11) is 4.03. The van der Waals surface area contributed by atoms with Crippen LogP contribution in [0, 0.1) is 17.7 Å². The van der Waals surface area contributed by atoms with Crippen molar-refractivity contribution in [2.75, 3.05) is 27.9 Å². The van der Waals surface area contributed by atoms with E-state index < -0.39 is 42.4 Å². The number of amides is 4. The van der Waals surface area contributed by atoms with Gasteiger partial charge in [-0.2, -0.15) is 0 Å². The number of fused-ring (bicyclic) bond motifs is 6. The zero-order chi connectivity index (χ0) is 48.7. The predicted molar refractivity (Wildman–Crippen MR) is 257 cm³/mol. The Kier molecular flexibility index (Phi) is 11.7. The Morgan fingerprint density at radius 3 is 2.21 bits per heavy atom. The largest absolute Gasteiger partial charge is 0.464 e. The van der Waals surface area contributed by atoms with E-state index in [2.05, 4.69) is 43.4 Å². The lowest BCUT2D eigenvalue weighted by molar-refractivity contribution is -0.139. The first kappa shape index (κ1) is 45.7. The summed E-state index contributed by atoms with van der Waals surface area (Å²) in [4.78, 5) is 74.7. The van der Waals surface area contributed by atoms with Crippen LogP contribution in [0.3, 0.4) is 0 Å². The Morgan fingerprint density at radius 1 is 0.814 bits per heavy atom. The van der Waals surface area contributed by atoms with E-state index in [4.69, 9.17) is 28.9 Å². The van der Waals surface area contributed by atoms with Crippen molar-refractivity contribution >= 4 is 46.2 Å². The maximum Gasteiger partial charge on any atom is 0.407 e. The van der Waals surface area contributed by atoms with E-state index in [1.165, 1.54) is 32.3 Å². The van der Waals surface area contributed by atoms with Gasteiger partial charge in [0.05, 0.1) is 77.8 Å². The predicted octanol–water partition coefficient (Wildman–Crippen LogP) is 8.57. The van der Waals surface area contributed by atoms with Crippen LogP contribution >= 0.6 is 11.3 Å². The molecule has 0 bridgehead atoms. The number of hydrogen-bond acceptors (Lipinski definition) is 11. The van der Waals surface area contributed by atoms with Crippen molar-refractivity contribution in [2.24, 2.45) is 11.8 Å². The molecule has 2 saturated carbocycles. The molecular formula is C51H56FN9O8S. The fraction of sp³-hybridized carbons (Fsp3) is 0.451. The molecule has 4 amide bonds. The third kappa shape index (κ3) is 8.05. The van der Waals surface area contributed by atoms with E-state index in [1.54, 1.807) is 35.6 Å². The summed E-state index contributed by atoms with van der Waals surface area (Å²) in [5, 5.41) is 6.25. The van der Waals surface area contributed by atoms with Gasteiger partial charge >= 0.3 is 12.2 Å². The van der Waals surface area contributed by atoms with Crippen molar-refractivity contribution in [3.63, 3.8) is 0 Å². The summed E-state index contributed by atoms with van der Waals surface area (Å²) in [6.07, 6.45) is 6.31. The molecule has 366 valence electrons. The van der Waals surface area contributed by atoms with Gasteiger partial charge in [-0.3, -0.25) is 14.2 Å². The zero-order valence-electron chi connectivity index (χ0n) is 39.8. The van der Waals surface area contributed by atoms with Gasteiger partial charge in [-0.1, -0.05) is 19.9 Å². The van der Waals surface area contributed by atoms with Crippen molar-refractivity contribution in [3.8, 4) is 39.5 Å². The first-order valence-corrected chi connectivity index (χ1v) is 24.9. The van der Waals surface area contributed by atoms with E-state index >= 15 is 4.39 Å². The molecule has 5 aliphatic rings. The van der Waals surface area contributed by atoms with Crippen LogP contribution in [0.4, 0.5) is 14.0 Å². The van der Waals surface area contributed by atoms with Crippen molar-refractivity contribution in [3.05, 3.63) is 88.1 Å². The highest BCUT2D eigenvalue weighted by molar-refractivity contribution is 7.12. The lowest BCUT2D eigenvalue weighted by Crippen LogP contribution is -2.54. The average molecular weight is 974 g/mol. The number of piperidine rings is 1. The number of hydrogen-bond donors (Lipinski definition) is 4. The number of alkyl carbamates (subject to hydrolysis) is 2. The summed E-state index contributed by atoms with van der Waals surface area (Å²) in [6, 6.07) is 13.5. The van der Waals surface area contributed by atoms with Crippen molar-refractivity contribution in [2.45, 2.75) is 108 Å². The molecule has 0 spiro atoms. The SMILES string of the molecule is COC(=O)N[C@H](C(=O)N1CCC[C@H]1c1ncc(-c2cc(F)c3c(c2)OC(c2ccc(C4CC4)s2)n2c-3cc3cc(-c4cnc([C@@H]5C[C@H]6C[C@H]6N5C(=O)[C@@H](NC(=O)OC)[C@@H](C)OC)[nH]4)ccc32)[nH]1)C(C)C. The number of rotatable bonds is 13. The molecule has 4 N–H and O–H groups in total. The van der Waals surface area contributed by atoms with Crippen LogP contribution in [0.5, 0.6) is 5.75 Å². The van der Waals surface area contributed by atoms with Crippen LogP contribution in [-0.4, -0.2) is 110 Å². The molecule has 2 aromatic carbocycles. The van der Waals surface area contributed by atoms with Gasteiger partial charge in [-0.15, -0.1) is 11.3 Å². The Balaban J connectivity index is 0.906. The number of nitrogens with one attached hydrogen (secondary N) is 4. The van der Waals surface area contributed by atoms with Gasteiger partial charge in [0.15, 0.2) is 0 Å². The number of likely N-dealkylation sites (tertiary alicyclic amines) is 2. The van der Waals surface area contributed by atoms with E-state index in [9.17, 15) is 19.2 Å². The Bertz CT molecular complexity index is 3030. The molecule has 70 heavy (non-hydrogen) atoms. The minimum atomic E-state index is -0.936. The lowest BCUT2D eigenvalue weighted by Gasteiger charge is -2.32. The smallest absolute Gasteiger partial charge is 0.407 e. The number of imidazole rings is 2. The number of methoxy groups -OCH3 is 3. The topological polar surface area (TPSA) is 198 Å². The number of carbonyl (C=O) groups is 4. The minimum absolute atomic E-state index is 0.0539. The lowest BCUT2D eigenvalue weighted by atomic mass is 10.0. The van der Waals surface area contributed by atoms with Gasteiger partial charge in [-0.25, -0.2) is 23.9 Å². The third-order valence-corrected chi connectivity index (χ3v) is 16.1. The molecule has 2 saturated heterocycles. The number of nitrogens with zero attached hydrogens (tertiary/aromatic N) is 5. The average Bonchev–Trinajstić information content (AvgIpc) is 3.83. The maximum atomic E-state index is 17.0. The Labute approximate surface area is 407 Å². The van der Waals surface area contributed by atoms with Crippen molar-refractivity contribution in [1.29, 1.82) is 0 Å². The molecule has 17 nitrogen and oxygen atoms in total. The molecule has 11 rings (SSSR count). The molecule has 4 fully saturated rings. The van der Waals surface area contributed by atoms with Crippen LogP contribution in [0.25, 0.3) is 44.7 Å². The van der Waals surface area contributed by atoms with Gasteiger partial charge in [0.1, 0.15) is 35.3 Å². The molecule has 4 aromatic heterocycles. The summed E-state index contributed by atoms with van der Waals surface area (Å²) >= 11 is 1.73. The highest BCUT2D eigenvalue weighted by atomic mass is 32.1. The van der Waals surface area contributed by atoms with E-state index in [1.807, 2.05) is 43.0 Å². The van der Waals surface area contributed by atoms with E-state index in [-0.39, 0.29) is 35.9 Å². The Hall–Kier alpha value is -6.73. The van der Waals surface area contributed by atoms with Crippen LogP contribution in [0.1, 0.15) is 105 Å². The molecule has 2 aliphatic carbocycles. The normalized spacial score (nSPS) is 22.5. The molecule has 3 aliphatic heterocycles. The number of carbonyl (C=O) groups excluding carboxylic acids is 4. The number of benzene rings is 2. The number of ether oxygens (including phenoxy) is 4. The fourth-order valence-corrected chi connectivity index (χ4v) is 12.0. The quantitative estimate of drug-likeness (QED) is 0.0870. The van der Waals surface area contributed by atoms with Crippen LogP contribution in [0.15, 0.2) is 60.9 Å². The van der Waals surface area contributed by atoms with Gasteiger partial charge in [0.25, 0.3) is 0 Å². The summed E-state index contributed by atoms with van der Waals surface area (Å²) in [5.41, 5.74) is 4.66. The summed E-state index contributed by atoms with van der Waals surface area (Å²) < 4.78 is 41.1.